The summed E-state index contributed by atoms with van der Waals surface area (Å²) in [6.07, 6.45) is 0.473. The third-order valence-electron chi connectivity index (χ3n) is 5.50. The number of aromatic nitrogens is 2. The zero-order valence-electron chi connectivity index (χ0n) is 17.1. The van der Waals surface area contributed by atoms with Crippen LogP contribution in [0.2, 0.25) is 0 Å². The maximum Gasteiger partial charge on any atom is 0.408 e. The molecule has 1 aromatic carbocycles. The van der Waals surface area contributed by atoms with Gasteiger partial charge in [0.15, 0.2) is 11.6 Å². The molecule has 0 fully saturated rings. The van der Waals surface area contributed by atoms with E-state index in [-0.39, 0.29) is 18.0 Å². The minimum Gasteiger partial charge on any atom is -0.465 e. The van der Waals surface area contributed by atoms with Crippen LogP contribution in [0.15, 0.2) is 24.4 Å². The molecule has 0 radical (unpaired) electrons. The van der Waals surface area contributed by atoms with Crippen LogP contribution in [-0.4, -0.2) is 36.3 Å². The smallest absolute Gasteiger partial charge is 0.408 e. The predicted molar refractivity (Wildman–Crippen MR) is 104 cm³/mol. The first-order valence-electron chi connectivity index (χ1n) is 9.72. The van der Waals surface area contributed by atoms with Gasteiger partial charge in [-0.15, -0.1) is 0 Å². The molecule has 29 heavy (non-hydrogen) atoms. The largest absolute Gasteiger partial charge is 0.465 e. The second-order valence-corrected chi connectivity index (χ2v) is 8.58. The zero-order chi connectivity index (χ0) is 21.5. The summed E-state index contributed by atoms with van der Waals surface area (Å²) in [6, 6.07) is 3.54. The maximum atomic E-state index is 14.5. The van der Waals surface area contributed by atoms with Crippen molar-refractivity contribution in [2.24, 2.45) is 0 Å². The Morgan fingerprint density at radius 3 is 2.59 bits per heavy atom. The third-order valence-corrected chi connectivity index (χ3v) is 5.50. The first kappa shape index (κ1) is 21.2. The molecular formula is C21H27F2N3O3. The van der Waals surface area contributed by atoms with E-state index >= 15 is 0 Å². The second kappa shape index (κ2) is 7.74. The van der Waals surface area contributed by atoms with Crippen LogP contribution < -0.4 is 0 Å². The number of imidazole rings is 1. The molecule has 2 aromatic rings. The molecule has 1 aliphatic rings. The monoisotopic (exact) mass is 407 g/mol. The lowest BCUT2D eigenvalue weighted by atomic mass is 9.91. The van der Waals surface area contributed by atoms with Crippen molar-refractivity contribution in [3.8, 4) is 0 Å². The summed E-state index contributed by atoms with van der Waals surface area (Å²) in [5.41, 5.74) is 0.0785. The number of nitrogens with zero attached hydrogens (tertiary/aromatic N) is 3. The van der Waals surface area contributed by atoms with E-state index in [1.54, 1.807) is 38.3 Å². The number of aliphatic hydroxyl groups is 1. The Morgan fingerprint density at radius 2 is 2.00 bits per heavy atom. The average Bonchev–Trinajstić information content (AvgIpc) is 2.94. The van der Waals surface area contributed by atoms with E-state index < -0.39 is 35.4 Å². The molecule has 1 aromatic heterocycles. The van der Waals surface area contributed by atoms with Gasteiger partial charge in [0, 0.05) is 18.0 Å². The fourth-order valence-electron chi connectivity index (χ4n) is 4.22. The Labute approximate surface area is 168 Å². The number of amides is 1. The number of carbonyl (C=O) groups is 1. The summed E-state index contributed by atoms with van der Waals surface area (Å²) in [7, 11) is 0. The van der Waals surface area contributed by atoms with Gasteiger partial charge in [0.2, 0.25) is 0 Å². The molecule has 1 unspecified atom stereocenters. The van der Waals surface area contributed by atoms with Gasteiger partial charge in [-0.1, -0.05) is 12.1 Å². The summed E-state index contributed by atoms with van der Waals surface area (Å²) in [5.74, 6) is -1.66. The summed E-state index contributed by atoms with van der Waals surface area (Å²) in [5, 5.41) is 20.1. The molecule has 158 valence electrons. The van der Waals surface area contributed by atoms with Crippen LogP contribution in [0, 0.1) is 11.6 Å². The van der Waals surface area contributed by atoms with Crippen molar-refractivity contribution in [2.45, 2.75) is 70.7 Å². The van der Waals surface area contributed by atoms with Crippen LogP contribution in [0.4, 0.5) is 13.6 Å². The lowest BCUT2D eigenvalue weighted by molar-refractivity contribution is 0.0632. The highest BCUT2D eigenvalue weighted by atomic mass is 19.2. The van der Waals surface area contributed by atoms with Crippen LogP contribution in [0.1, 0.15) is 75.7 Å². The highest BCUT2D eigenvalue weighted by molar-refractivity contribution is 5.66. The van der Waals surface area contributed by atoms with E-state index in [1.807, 2.05) is 0 Å². The Morgan fingerprint density at radius 1 is 1.31 bits per heavy atom. The van der Waals surface area contributed by atoms with E-state index in [0.717, 1.165) is 6.07 Å². The number of fused-ring (bicyclic) bond motifs is 1. The highest BCUT2D eigenvalue weighted by Gasteiger charge is 2.39. The molecule has 6 nitrogen and oxygen atoms in total. The fraction of sp³-hybridized carbons (Fsp3) is 0.524. The van der Waals surface area contributed by atoms with Gasteiger partial charge in [-0.25, -0.2) is 18.6 Å². The zero-order valence-corrected chi connectivity index (χ0v) is 17.1. The Kier molecular flexibility index (Phi) is 5.67. The SMILES string of the molecule is CC(O)c1cnc2n1C[C@H](c1cccc(F)c1F)CC[C@H]2N(C(=O)O)C(C)(C)C. The van der Waals surface area contributed by atoms with Crippen molar-refractivity contribution in [3.63, 3.8) is 0 Å². The molecule has 0 saturated carbocycles. The highest BCUT2D eigenvalue weighted by Crippen LogP contribution is 2.40. The van der Waals surface area contributed by atoms with Gasteiger partial charge in [0.1, 0.15) is 5.82 Å². The minimum absolute atomic E-state index is 0.250. The maximum absolute atomic E-state index is 14.5. The number of aliphatic hydroxyl groups excluding tert-OH is 1. The topological polar surface area (TPSA) is 78.6 Å². The molecule has 2 heterocycles. The second-order valence-electron chi connectivity index (χ2n) is 8.58. The van der Waals surface area contributed by atoms with Crippen molar-refractivity contribution < 1.29 is 23.8 Å². The molecule has 0 saturated heterocycles. The fourth-order valence-corrected chi connectivity index (χ4v) is 4.22. The van der Waals surface area contributed by atoms with Crippen molar-refractivity contribution in [2.75, 3.05) is 0 Å². The number of hydrogen-bond donors (Lipinski definition) is 2. The average molecular weight is 407 g/mol. The molecule has 0 bridgehead atoms. The van der Waals surface area contributed by atoms with E-state index in [1.165, 1.54) is 17.2 Å². The van der Waals surface area contributed by atoms with E-state index in [9.17, 15) is 23.8 Å². The standard InChI is InChI=1S/C21H27F2N3O3/c1-12(27)17-10-24-19-16(26(20(28)29)21(2,3)4)9-8-13(11-25(17)19)14-6-5-7-15(22)18(14)23/h5-7,10,12-13,16,27H,8-9,11H2,1-4H3,(H,28,29)/t12?,13-,16-/m1/s1. The van der Waals surface area contributed by atoms with Crippen molar-refractivity contribution in [1.82, 2.24) is 14.5 Å². The number of carboxylic acid groups (broad SMARTS) is 1. The lowest BCUT2D eigenvalue weighted by Crippen LogP contribution is -2.47. The van der Waals surface area contributed by atoms with Crippen molar-refractivity contribution >= 4 is 6.09 Å². The summed E-state index contributed by atoms with van der Waals surface area (Å²) < 4.78 is 30.1. The number of rotatable bonds is 3. The predicted octanol–water partition coefficient (Wildman–Crippen LogP) is 4.61. The molecular weight excluding hydrogens is 380 g/mol. The van der Waals surface area contributed by atoms with Crippen LogP contribution in [0.25, 0.3) is 0 Å². The molecule has 3 rings (SSSR count). The Balaban J connectivity index is 2.12. The van der Waals surface area contributed by atoms with Crippen molar-refractivity contribution in [1.29, 1.82) is 0 Å². The minimum atomic E-state index is -1.08. The van der Waals surface area contributed by atoms with Crippen LogP contribution >= 0.6 is 0 Å². The molecule has 8 heteroatoms. The summed E-state index contributed by atoms with van der Waals surface area (Å²) in [4.78, 5) is 17.9. The molecule has 3 atom stereocenters. The van der Waals surface area contributed by atoms with Gasteiger partial charge in [0.25, 0.3) is 0 Å². The molecule has 0 spiro atoms. The normalized spacial score (nSPS) is 20.7. The molecule has 1 aliphatic heterocycles. The summed E-state index contributed by atoms with van der Waals surface area (Å²) in [6.45, 7) is 7.29. The van der Waals surface area contributed by atoms with Gasteiger partial charge in [-0.2, -0.15) is 0 Å². The van der Waals surface area contributed by atoms with E-state index in [4.69, 9.17) is 0 Å². The number of hydrogen-bond acceptors (Lipinski definition) is 3. The molecule has 0 aliphatic carbocycles. The van der Waals surface area contributed by atoms with Gasteiger partial charge in [-0.3, -0.25) is 4.90 Å². The Hall–Kier alpha value is -2.48. The number of benzene rings is 1. The van der Waals surface area contributed by atoms with Gasteiger partial charge >= 0.3 is 6.09 Å². The van der Waals surface area contributed by atoms with Crippen LogP contribution in [-0.2, 0) is 6.54 Å². The lowest BCUT2D eigenvalue weighted by Gasteiger charge is -2.39. The third kappa shape index (κ3) is 3.99. The Bertz CT molecular complexity index is 905. The van der Waals surface area contributed by atoms with Crippen molar-refractivity contribution in [3.05, 3.63) is 53.1 Å². The van der Waals surface area contributed by atoms with E-state index in [0.29, 0.717) is 24.4 Å². The van der Waals surface area contributed by atoms with E-state index in [2.05, 4.69) is 4.98 Å². The van der Waals surface area contributed by atoms with Crippen LogP contribution in [0.5, 0.6) is 0 Å². The first-order chi connectivity index (χ1) is 13.5. The molecule has 1 amide bonds. The van der Waals surface area contributed by atoms with Gasteiger partial charge < -0.3 is 14.8 Å². The number of halogens is 2. The summed E-state index contributed by atoms with van der Waals surface area (Å²) >= 11 is 0. The quantitative estimate of drug-likeness (QED) is 0.779. The first-order valence-corrected chi connectivity index (χ1v) is 9.72. The van der Waals surface area contributed by atoms with Gasteiger partial charge in [0.05, 0.1) is 24.0 Å². The van der Waals surface area contributed by atoms with Crippen LogP contribution in [0.3, 0.4) is 0 Å². The van der Waals surface area contributed by atoms with Gasteiger partial charge in [-0.05, 0) is 52.2 Å². The molecule has 2 N–H and O–H groups in total.